The molecule has 3 rings (SSSR count). The second-order valence-corrected chi connectivity index (χ2v) is 6.12. The van der Waals surface area contributed by atoms with E-state index in [2.05, 4.69) is 17.5 Å². The van der Waals surface area contributed by atoms with Gasteiger partial charge in [-0.25, -0.2) is 5.43 Å². The molecule has 26 heavy (non-hydrogen) atoms. The van der Waals surface area contributed by atoms with Gasteiger partial charge in [-0.05, 0) is 36.2 Å². The molecule has 2 aromatic carbocycles. The van der Waals surface area contributed by atoms with E-state index in [-0.39, 0.29) is 5.91 Å². The molecule has 1 heterocycles. The molecule has 0 fully saturated rings. The lowest BCUT2D eigenvalue weighted by molar-refractivity contribution is 0.0947. The zero-order chi connectivity index (χ0) is 18.4. The highest BCUT2D eigenvalue weighted by Crippen LogP contribution is 2.18. The number of ether oxygens (including phenoxy) is 1. The fourth-order valence-corrected chi connectivity index (χ4v) is 2.75. The Labute approximate surface area is 153 Å². The predicted molar refractivity (Wildman–Crippen MR) is 105 cm³/mol. The van der Waals surface area contributed by atoms with Crippen LogP contribution in [0.4, 0.5) is 0 Å². The number of nitrogens with zero attached hydrogens (tertiary/aromatic N) is 2. The van der Waals surface area contributed by atoms with E-state index in [1.807, 2.05) is 66.2 Å². The van der Waals surface area contributed by atoms with Crippen LogP contribution in [0, 0.1) is 0 Å². The van der Waals surface area contributed by atoms with Crippen molar-refractivity contribution in [3.05, 3.63) is 65.9 Å². The molecule has 5 heteroatoms. The Morgan fingerprint density at radius 2 is 2.04 bits per heavy atom. The first kappa shape index (κ1) is 17.7. The van der Waals surface area contributed by atoms with E-state index in [1.165, 1.54) is 0 Å². The second kappa shape index (κ2) is 8.34. The third-order valence-corrected chi connectivity index (χ3v) is 4.19. The van der Waals surface area contributed by atoms with Crippen molar-refractivity contribution in [1.29, 1.82) is 0 Å². The van der Waals surface area contributed by atoms with Crippen molar-refractivity contribution >= 4 is 23.0 Å². The summed E-state index contributed by atoms with van der Waals surface area (Å²) in [5, 5.41) is 5.10. The number of hydrogen-bond acceptors (Lipinski definition) is 3. The smallest absolute Gasteiger partial charge is 0.287 e. The molecule has 0 saturated heterocycles. The summed E-state index contributed by atoms with van der Waals surface area (Å²) in [7, 11) is 1.87. The van der Waals surface area contributed by atoms with Crippen molar-refractivity contribution in [1.82, 2.24) is 9.99 Å². The number of amides is 1. The molecular formula is C21H23N3O2. The highest BCUT2D eigenvalue weighted by atomic mass is 16.5. The van der Waals surface area contributed by atoms with Crippen LogP contribution in [-0.4, -0.2) is 23.3 Å². The minimum absolute atomic E-state index is 0.240. The molecule has 0 saturated carbocycles. The molecule has 0 aliphatic carbocycles. The lowest BCUT2D eigenvalue weighted by Gasteiger charge is -2.05. The summed E-state index contributed by atoms with van der Waals surface area (Å²) in [6.07, 6.45) is 3.74. The average Bonchev–Trinajstić information content (AvgIpc) is 2.99. The Balaban J connectivity index is 1.65. The van der Waals surface area contributed by atoms with Crippen molar-refractivity contribution in [3.8, 4) is 5.75 Å². The standard InChI is InChI=1S/C21H23N3O2/c1-3-4-12-26-18-10-7-8-16(13-18)15-22-23-21(25)20-14-17-9-5-6-11-19(17)24(20)2/h5-11,13-15H,3-4,12H2,1-2H3,(H,23,25)/b22-15+. The van der Waals surface area contributed by atoms with E-state index in [0.717, 1.165) is 35.1 Å². The number of carbonyl (C=O) groups excluding carboxylic acids is 1. The Bertz CT molecular complexity index is 928. The minimum Gasteiger partial charge on any atom is -0.494 e. The average molecular weight is 349 g/mol. The van der Waals surface area contributed by atoms with Crippen molar-refractivity contribution in [2.45, 2.75) is 19.8 Å². The van der Waals surface area contributed by atoms with Gasteiger partial charge < -0.3 is 9.30 Å². The van der Waals surface area contributed by atoms with Gasteiger partial charge in [0.2, 0.25) is 0 Å². The molecule has 134 valence electrons. The summed E-state index contributed by atoms with van der Waals surface area (Å²) < 4.78 is 7.54. The van der Waals surface area contributed by atoms with Crippen molar-refractivity contribution in [3.63, 3.8) is 0 Å². The summed E-state index contributed by atoms with van der Waals surface area (Å²) in [6.45, 7) is 2.83. The highest BCUT2D eigenvalue weighted by Gasteiger charge is 2.12. The van der Waals surface area contributed by atoms with Crippen molar-refractivity contribution in [2.75, 3.05) is 6.61 Å². The maximum atomic E-state index is 12.4. The molecule has 0 spiro atoms. The van der Waals surface area contributed by atoms with Gasteiger partial charge in [-0.2, -0.15) is 5.10 Å². The van der Waals surface area contributed by atoms with Gasteiger partial charge in [-0.15, -0.1) is 0 Å². The number of aryl methyl sites for hydroxylation is 1. The molecule has 1 amide bonds. The third kappa shape index (κ3) is 4.11. The molecule has 0 aliphatic heterocycles. The van der Waals surface area contributed by atoms with Crippen LogP contribution >= 0.6 is 0 Å². The summed E-state index contributed by atoms with van der Waals surface area (Å²) >= 11 is 0. The molecule has 0 bridgehead atoms. The number of benzene rings is 2. The number of hydrazone groups is 1. The van der Waals surface area contributed by atoms with E-state index >= 15 is 0 Å². The lowest BCUT2D eigenvalue weighted by Crippen LogP contribution is -2.20. The molecule has 1 aromatic heterocycles. The van der Waals surface area contributed by atoms with Crippen LogP contribution < -0.4 is 10.2 Å². The molecular weight excluding hydrogens is 326 g/mol. The quantitative estimate of drug-likeness (QED) is 0.396. The van der Waals surface area contributed by atoms with Gasteiger partial charge in [-0.3, -0.25) is 4.79 Å². The molecule has 3 aromatic rings. The molecule has 0 aliphatic rings. The minimum atomic E-state index is -0.240. The van der Waals surface area contributed by atoms with Gasteiger partial charge in [-0.1, -0.05) is 43.7 Å². The Hall–Kier alpha value is -3.08. The molecule has 0 atom stereocenters. The van der Waals surface area contributed by atoms with E-state index in [1.54, 1.807) is 6.21 Å². The maximum Gasteiger partial charge on any atom is 0.287 e. The first-order valence-electron chi connectivity index (χ1n) is 8.80. The van der Waals surface area contributed by atoms with E-state index < -0.39 is 0 Å². The topological polar surface area (TPSA) is 55.6 Å². The predicted octanol–water partition coefficient (Wildman–Crippen LogP) is 4.12. The monoisotopic (exact) mass is 349 g/mol. The first-order valence-corrected chi connectivity index (χ1v) is 8.80. The highest BCUT2D eigenvalue weighted by molar-refractivity contribution is 5.99. The number of unbranched alkanes of at least 4 members (excludes halogenated alkanes) is 1. The number of carbonyl (C=O) groups is 1. The van der Waals surface area contributed by atoms with E-state index in [0.29, 0.717) is 12.3 Å². The van der Waals surface area contributed by atoms with Crippen LogP contribution in [0.5, 0.6) is 5.75 Å². The molecule has 0 radical (unpaired) electrons. The van der Waals surface area contributed by atoms with Gasteiger partial charge in [0.1, 0.15) is 11.4 Å². The number of nitrogens with one attached hydrogen (secondary N) is 1. The van der Waals surface area contributed by atoms with E-state index in [4.69, 9.17) is 4.74 Å². The fraction of sp³-hybridized carbons (Fsp3) is 0.238. The summed E-state index contributed by atoms with van der Waals surface area (Å²) in [5.74, 6) is 0.567. The van der Waals surface area contributed by atoms with Crippen LogP contribution in [0.3, 0.4) is 0 Å². The molecule has 1 N–H and O–H groups in total. The van der Waals surface area contributed by atoms with Crippen molar-refractivity contribution in [2.24, 2.45) is 12.1 Å². The van der Waals surface area contributed by atoms with Crippen molar-refractivity contribution < 1.29 is 9.53 Å². The van der Waals surface area contributed by atoms with Crippen LogP contribution in [0.15, 0.2) is 59.7 Å². The Morgan fingerprint density at radius 1 is 1.19 bits per heavy atom. The molecule has 0 unspecified atom stereocenters. The number of aromatic nitrogens is 1. The SMILES string of the molecule is CCCCOc1cccc(/C=N/NC(=O)c2cc3ccccc3n2C)c1. The van der Waals surface area contributed by atoms with Gasteiger partial charge in [0.05, 0.1) is 12.8 Å². The number of fused-ring (bicyclic) bond motifs is 1. The maximum absolute atomic E-state index is 12.4. The van der Waals surface area contributed by atoms with Gasteiger partial charge >= 0.3 is 0 Å². The zero-order valence-corrected chi connectivity index (χ0v) is 15.1. The number of para-hydroxylation sites is 1. The van der Waals surface area contributed by atoms with Crippen LogP contribution in [-0.2, 0) is 7.05 Å². The summed E-state index contributed by atoms with van der Waals surface area (Å²) in [4.78, 5) is 12.4. The summed E-state index contributed by atoms with van der Waals surface area (Å²) in [5.41, 5.74) is 5.04. The third-order valence-electron chi connectivity index (χ3n) is 4.19. The van der Waals surface area contributed by atoms with Gasteiger partial charge in [0, 0.05) is 18.0 Å². The largest absolute Gasteiger partial charge is 0.494 e. The zero-order valence-electron chi connectivity index (χ0n) is 15.1. The first-order chi connectivity index (χ1) is 12.7. The van der Waals surface area contributed by atoms with E-state index in [9.17, 15) is 4.79 Å². The Morgan fingerprint density at radius 3 is 2.85 bits per heavy atom. The normalized spacial score (nSPS) is 11.2. The summed E-state index contributed by atoms with van der Waals surface area (Å²) in [6, 6.07) is 17.4. The Kier molecular flexibility index (Phi) is 5.69. The van der Waals surface area contributed by atoms with Gasteiger partial charge in [0.25, 0.3) is 5.91 Å². The van der Waals surface area contributed by atoms with Crippen LogP contribution in [0.25, 0.3) is 10.9 Å². The fourth-order valence-electron chi connectivity index (χ4n) is 2.75. The number of hydrogen-bond donors (Lipinski definition) is 1. The van der Waals surface area contributed by atoms with Crippen LogP contribution in [0.2, 0.25) is 0 Å². The molecule has 5 nitrogen and oxygen atoms in total. The van der Waals surface area contributed by atoms with Crippen LogP contribution in [0.1, 0.15) is 35.8 Å². The van der Waals surface area contributed by atoms with Gasteiger partial charge in [0.15, 0.2) is 0 Å². The number of rotatable bonds is 7. The lowest BCUT2D eigenvalue weighted by atomic mass is 10.2. The second-order valence-electron chi connectivity index (χ2n) is 6.12.